The molecule has 10 rings (SSSR count). The van der Waals surface area contributed by atoms with E-state index in [9.17, 15) is 15.3 Å². The molecule has 1 aliphatic heterocycles. The van der Waals surface area contributed by atoms with E-state index in [0.717, 1.165) is 66.3 Å². The number of hydrogen-bond acceptors (Lipinski definition) is 4. The molecule has 6 heteroatoms. The predicted molar refractivity (Wildman–Crippen MR) is 230 cm³/mol. The molecule has 0 aliphatic carbocycles. The van der Waals surface area contributed by atoms with E-state index in [1.807, 2.05) is 152 Å². The summed E-state index contributed by atoms with van der Waals surface area (Å²) in [5, 5.41) is 21.2. The Morgan fingerprint density at radius 1 is 0.379 bits per heavy atom. The van der Waals surface area contributed by atoms with Crippen molar-refractivity contribution in [2.45, 2.75) is 0 Å². The lowest BCUT2D eigenvalue weighted by molar-refractivity contribution is 0.0926. The molecule has 0 saturated heterocycles. The number of nitriles is 2. The Morgan fingerprint density at radius 3 is 1.43 bits per heavy atom. The third-order valence-electron chi connectivity index (χ3n) is 11.0. The Kier molecular flexibility index (Phi) is 8.11. The van der Waals surface area contributed by atoms with Crippen LogP contribution in [0.25, 0.3) is 72.0 Å². The number of benzene rings is 8. The second-order valence-electron chi connectivity index (χ2n) is 14.3. The molecule has 2 amide bonds. The molecule has 0 spiro atoms. The van der Waals surface area contributed by atoms with Crippen LogP contribution in [-0.4, -0.2) is 16.4 Å². The topological polar surface area (TPSA) is 89.9 Å². The maximum absolute atomic E-state index is 15.1. The van der Waals surface area contributed by atoms with Crippen molar-refractivity contribution < 1.29 is 9.59 Å². The summed E-state index contributed by atoms with van der Waals surface area (Å²) in [4.78, 5) is 31.0. The van der Waals surface area contributed by atoms with Gasteiger partial charge in [0, 0.05) is 16.3 Å². The Hall–Kier alpha value is -8.32. The van der Waals surface area contributed by atoms with Gasteiger partial charge in [0.15, 0.2) is 0 Å². The largest absolute Gasteiger partial charge is 0.308 e. The number of fused-ring (bicyclic) bond motifs is 4. The van der Waals surface area contributed by atoms with Crippen LogP contribution in [0.3, 0.4) is 0 Å². The monoisotopic (exact) mass is 742 g/mol. The van der Waals surface area contributed by atoms with Crippen molar-refractivity contribution in [1.82, 2.24) is 4.57 Å². The Bertz CT molecular complexity index is 3130. The molecule has 8 aromatic carbocycles. The van der Waals surface area contributed by atoms with Crippen molar-refractivity contribution in [3.8, 4) is 62.3 Å². The van der Waals surface area contributed by atoms with Crippen LogP contribution in [0.15, 0.2) is 182 Å². The highest BCUT2D eigenvalue weighted by atomic mass is 16.2. The van der Waals surface area contributed by atoms with Crippen LogP contribution in [0.4, 0.5) is 5.69 Å². The molecule has 6 nitrogen and oxygen atoms in total. The van der Waals surface area contributed by atoms with Crippen LogP contribution in [0.5, 0.6) is 0 Å². The highest BCUT2D eigenvalue weighted by Crippen LogP contribution is 2.44. The van der Waals surface area contributed by atoms with Crippen molar-refractivity contribution in [3.63, 3.8) is 0 Å². The van der Waals surface area contributed by atoms with Gasteiger partial charge in [0.1, 0.15) is 0 Å². The van der Waals surface area contributed by atoms with Crippen molar-refractivity contribution in [2.24, 2.45) is 0 Å². The van der Waals surface area contributed by atoms with Gasteiger partial charge in [0.2, 0.25) is 0 Å². The fourth-order valence-corrected chi connectivity index (χ4v) is 8.34. The molecule has 58 heavy (non-hydrogen) atoms. The minimum absolute atomic E-state index is 0.326. The van der Waals surface area contributed by atoms with E-state index in [0.29, 0.717) is 33.6 Å². The number of aromatic nitrogens is 1. The number of rotatable bonds is 6. The summed E-state index contributed by atoms with van der Waals surface area (Å²) in [5.41, 5.74) is 11.8. The van der Waals surface area contributed by atoms with E-state index in [-0.39, 0.29) is 5.91 Å². The SMILES string of the molecule is N#Cc1cccc(-c2ccc3c(c2)c2cc(-c4cccc(C#N)c4)ccc2n3-c2cccc3c2C(=O)N(c2cccc(-c4ccccc4)c2-c2ccccc2)C3=O)c1. The summed E-state index contributed by atoms with van der Waals surface area (Å²) in [7, 11) is 0. The summed E-state index contributed by atoms with van der Waals surface area (Å²) in [6.07, 6.45) is 0. The van der Waals surface area contributed by atoms with Crippen molar-refractivity contribution in [2.75, 3.05) is 4.90 Å². The van der Waals surface area contributed by atoms with E-state index < -0.39 is 5.91 Å². The Morgan fingerprint density at radius 2 is 0.862 bits per heavy atom. The van der Waals surface area contributed by atoms with Gasteiger partial charge in [-0.3, -0.25) is 9.59 Å². The molecule has 1 aliphatic rings. The van der Waals surface area contributed by atoms with Crippen LogP contribution in [-0.2, 0) is 0 Å². The third kappa shape index (κ3) is 5.48. The molecule has 9 aromatic rings. The maximum Gasteiger partial charge on any atom is 0.268 e. The molecular formula is C52H30N4O2. The van der Waals surface area contributed by atoms with Crippen LogP contribution < -0.4 is 4.90 Å². The zero-order valence-electron chi connectivity index (χ0n) is 30.9. The number of anilines is 1. The number of imide groups is 1. The van der Waals surface area contributed by atoms with Gasteiger partial charge in [-0.1, -0.05) is 115 Å². The zero-order chi connectivity index (χ0) is 39.3. The fraction of sp³-hybridized carbons (Fsp3) is 0. The van der Waals surface area contributed by atoms with Crippen LogP contribution in [0.1, 0.15) is 31.8 Å². The molecule has 0 saturated carbocycles. The number of amides is 2. The van der Waals surface area contributed by atoms with Crippen LogP contribution in [0.2, 0.25) is 0 Å². The lowest BCUT2D eigenvalue weighted by Gasteiger charge is -2.22. The van der Waals surface area contributed by atoms with Crippen molar-refractivity contribution >= 4 is 39.3 Å². The van der Waals surface area contributed by atoms with Crippen LogP contribution in [0, 0.1) is 22.7 Å². The van der Waals surface area contributed by atoms with E-state index >= 15 is 4.79 Å². The first-order valence-electron chi connectivity index (χ1n) is 18.9. The quantitative estimate of drug-likeness (QED) is 0.159. The van der Waals surface area contributed by atoms with E-state index in [1.165, 1.54) is 4.90 Å². The number of carbonyl (C=O) groups excluding carboxylic acids is 2. The normalized spacial score (nSPS) is 12.1. The lowest BCUT2D eigenvalue weighted by atomic mass is 9.92. The van der Waals surface area contributed by atoms with Gasteiger partial charge >= 0.3 is 0 Å². The van der Waals surface area contributed by atoms with Gasteiger partial charge in [0.25, 0.3) is 11.8 Å². The minimum Gasteiger partial charge on any atom is -0.308 e. The van der Waals surface area contributed by atoms with Crippen LogP contribution >= 0.6 is 0 Å². The molecule has 0 fully saturated rings. The smallest absolute Gasteiger partial charge is 0.268 e. The minimum atomic E-state index is -0.400. The van der Waals surface area contributed by atoms with Gasteiger partial charge in [-0.15, -0.1) is 0 Å². The third-order valence-corrected chi connectivity index (χ3v) is 11.0. The number of nitrogens with zero attached hydrogens (tertiary/aromatic N) is 4. The first kappa shape index (κ1) is 34.2. The fourth-order valence-electron chi connectivity index (χ4n) is 8.34. The molecule has 0 bridgehead atoms. The van der Waals surface area contributed by atoms with Crippen molar-refractivity contribution in [1.29, 1.82) is 10.5 Å². The number of carbonyl (C=O) groups is 2. The second-order valence-corrected chi connectivity index (χ2v) is 14.3. The molecule has 0 atom stereocenters. The zero-order valence-corrected chi connectivity index (χ0v) is 30.9. The molecule has 270 valence electrons. The van der Waals surface area contributed by atoms with E-state index in [4.69, 9.17) is 0 Å². The second kappa shape index (κ2) is 13.8. The van der Waals surface area contributed by atoms with Crippen molar-refractivity contribution in [3.05, 3.63) is 204 Å². The standard InChI is InChI=1S/C52H30N4O2/c53-31-33-11-7-17-37(27-33)39-23-25-45-43(29-39)44-30-40(38-18-8-12-34(28-38)32-54)24-26-46(44)55(45)48-22-10-20-42-50(48)52(58)56(51(42)57)47-21-9-19-41(35-13-3-1-4-14-35)49(47)36-15-5-2-6-16-36/h1-30H. The molecule has 0 unspecified atom stereocenters. The lowest BCUT2D eigenvalue weighted by Crippen LogP contribution is -2.30. The molecule has 0 N–H and O–H groups in total. The van der Waals surface area contributed by atoms with Gasteiger partial charge in [-0.25, -0.2) is 4.90 Å². The molecule has 1 aromatic heterocycles. The first-order chi connectivity index (χ1) is 28.5. The molecule has 0 radical (unpaired) electrons. The summed E-state index contributed by atoms with van der Waals surface area (Å²) in [6.45, 7) is 0. The molecular weight excluding hydrogens is 713 g/mol. The Balaban J connectivity index is 1.19. The highest BCUT2D eigenvalue weighted by molar-refractivity contribution is 6.37. The maximum atomic E-state index is 15.1. The van der Waals surface area contributed by atoms with Gasteiger partial charge in [0.05, 0.1) is 56.8 Å². The summed E-state index contributed by atoms with van der Waals surface area (Å²) >= 11 is 0. The number of hydrogen-bond donors (Lipinski definition) is 0. The van der Waals surface area contributed by atoms with E-state index in [2.05, 4.69) is 28.8 Å². The average molecular weight is 743 g/mol. The summed E-state index contributed by atoms with van der Waals surface area (Å²) in [6, 6.07) is 63.0. The highest BCUT2D eigenvalue weighted by Gasteiger charge is 2.40. The Labute approximate surface area is 334 Å². The predicted octanol–water partition coefficient (Wildman–Crippen LogP) is 12.0. The van der Waals surface area contributed by atoms with Gasteiger partial charge < -0.3 is 4.57 Å². The molecule has 2 heterocycles. The first-order valence-corrected chi connectivity index (χ1v) is 18.9. The van der Waals surface area contributed by atoms with Gasteiger partial charge in [-0.05, 0) is 106 Å². The average Bonchev–Trinajstić information content (AvgIpc) is 3.75. The summed E-state index contributed by atoms with van der Waals surface area (Å²) in [5.74, 6) is -0.785. The van der Waals surface area contributed by atoms with E-state index in [1.54, 1.807) is 18.2 Å². The summed E-state index contributed by atoms with van der Waals surface area (Å²) < 4.78 is 2.07. The van der Waals surface area contributed by atoms with Gasteiger partial charge in [-0.2, -0.15) is 10.5 Å².